The first-order valence-electron chi connectivity index (χ1n) is 16.0. The van der Waals surface area contributed by atoms with Crippen LogP contribution in [0.1, 0.15) is 67.9 Å². The summed E-state index contributed by atoms with van der Waals surface area (Å²) in [5.74, 6) is 2.70. The predicted molar refractivity (Wildman–Crippen MR) is 195 cm³/mol. The van der Waals surface area contributed by atoms with Gasteiger partial charge in [0.15, 0.2) is 0 Å². The van der Waals surface area contributed by atoms with Crippen molar-refractivity contribution in [3.05, 3.63) is 58.1 Å². The third-order valence-electron chi connectivity index (χ3n) is 10.4. The van der Waals surface area contributed by atoms with Crippen molar-refractivity contribution < 1.29 is 22.4 Å². The summed E-state index contributed by atoms with van der Waals surface area (Å²) in [5.41, 5.74) is 1.93. The van der Waals surface area contributed by atoms with E-state index >= 15 is 0 Å². The van der Waals surface area contributed by atoms with Gasteiger partial charge in [-0.25, -0.2) is 4.79 Å². The van der Waals surface area contributed by atoms with Crippen molar-refractivity contribution in [2.24, 2.45) is 0 Å². The van der Waals surface area contributed by atoms with E-state index in [4.69, 9.17) is 22.4 Å². The molecule has 9 heteroatoms. The number of fused-ring (bicyclic) bond motifs is 5. The minimum atomic E-state index is -2.23. The van der Waals surface area contributed by atoms with Crippen molar-refractivity contribution in [1.82, 2.24) is 0 Å². The van der Waals surface area contributed by atoms with E-state index in [1.54, 1.807) is 0 Å². The van der Waals surface area contributed by atoms with Crippen LogP contribution in [0.4, 0.5) is 0 Å². The van der Waals surface area contributed by atoms with Crippen molar-refractivity contribution >= 4 is 42.0 Å². The Kier molecular flexibility index (Phi) is 8.96. The van der Waals surface area contributed by atoms with Gasteiger partial charge in [-0.1, -0.05) is 62.3 Å². The first-order valence-corrected chi connectivity index (χ1v) is 24.7. The van der Waals surface area contributed by atoms with E-state index in [2.05, 4.69) is 102 Å². The number of benzene rings is 2. The first-order chi connectivity index (χ1) is 20.3. The van der Waals surface area contributed by atoms with Crippen LogP contribution in [-0.4, -0.2) is 31.6 Å². The van der Waals surface area contributed by atoms with Crippen LogP contribution >= 0.6 is 0 Å². The summed E-state index contributed by atoms with van der Waals surface area (Å²) >= 11 is 0. The Morgan fingerprint density at radius 3 is 1.69 bits per heavy atom. The van der Waals surface area contributed by atoms with Crippen LogP contribution < -0.4 is 19.2 Å². The quantitative estimate of drug-likeness (QED) is 0.193. The van der Waals surface area contributed by atoms with Crippen LogP contribution in [0, 0.1) is 0 Å². The maximum atomic E-state index is 13.9. The molecular formula is C36H54O6Si3. The third-order valence-corrected chi connectivity index (χ3v) is 23.5. The second kappa shape index (κ2) is 11.5. The smallest absolute Gasteiger partial charge is 0.344 e. The molecule has 0 radical (unpaired) electrons. The molecule has 2 aromatic carbocycles. The van der Waals surface area contributed by atoms with Crippen molar-refractivity contribution in [2.75, 3.05) is 6.61 Å². The van der Waals surface area contributed by atoms with E-state index in [9.17, 15) is 4.79 Å². The van der Waals surface area contributed by atoms with Gasteiger partial charge in [0.2, 0.25) is 25.0 Å². The average molecular weight is 667 g/mol. The molecule has 0 atom stereocenters. The Bertz CT molecular complexity index is 1680. The minimum absolute atomic E-state index is 0.0190. The lowest BCUT2D eigenvalue weighted by Crippen LogP contribution is -2.43. The molecule has 0 amide bonds. The summed E-state index contributed by atoms with van der Waals surface area (Å²) in [6.45, 7) is 33.4. The lowest BCUT2D eigenvalue weighted by molar-refractivity contribution is 0.271. The standard InChI is InChI=1S/C36H54O6Si3/c1-34(2,3)43(10,11)40-24-17-19-28-30(21-24)38-23-26(42-45(14,15)36(7,8)9)20-29-27-18-16-25(41-44(12,13)35(4,5)6)22-31(27)39-33(37)32(28)29/h16-22H,23H2,1-15H3/b26-20+. The monoisotopic (exact) mass is 666 g/mol. The largest absolute Gasteiger partial charge is 0.544 e. The fraction of sp³-hybridized carbons (Fsp3) is 0.528. The summed E-state index contributed by atoms with van der Waals surface area (Å²) < 4.78 is 32.5. The van der Waals surface area contributed by atoms with Gasteiger partial charge < -0.3 is 22.4 Å². The van der Waals surface area contributed by atoms with Gasteiger partial charge in [0.1, 0.15) is 35.2 Å². The maximum Gasteiger partial charge on any atom is 0.344 e. The summed E-state index contributed by atoms with van der Waals surface area (Å²) in [5, 5.41) is 0.863. The molecule has 2 heterocycles. The highest BCUT2D eigenvalue weighted by atomic mass is 28.4. The number of ether oxygens (including phenoxy) is 1. The van der Waals surface area contributed by atoms with E-state index in [-0.39, 0.29) is 21.7 Å². The fourth-order valence-corrected chi connectivity index (χ4v) is 7.48. The molecule has 0 saturated heterocycles. The topological polar surface area (TPSA) is 67.1 Å². The highest BCUT2D eigenvalue weighted by Gasteiger charge is 2.41. The van der Waals surface area contributed by atoms with Crippen LogP contribution in [-0.2, 0) is 4.43 Å². The molecule has 246 valence electrons. The van der Waals surface area contributed by atoms with Gasteiger partial charge in [0.05, 0.1) is 5.56 Å². The van der Waals surface area contributed by atoms with E-state index < -0.39 is 30.6 Å². The second-order valence-corrected chi connectivity index (χ2v) is 31.2. The molecule has 45 heavy (non-hydrogen) atoms. The average Bonchev–Trinajstić information content (AvgIpc) is 2.84. The zero-order valence-electron chi connectivity index (χ0n) is 30.2. The lowest BCUT2D eigenvalue weighted by Gasteiger charge is -2.38. The summed E-state index contributed by atoms with van der Waals surface area (Å²) in [6, 6.07) is 11.6. The van der Waals surface area contributed by atoms with Crippen LogP contribution in [0.3, 0.4) is 0 Å². The Labute approximate surface area is 273 Å². The SMILES string of the molecule is CC(C)(C)[Si](C)(C)O/C1=C/c2c(c(=O)oc3cc(O[Si](C)(C)C(C)(C)C)ccc23)-c2ccc(O[Si](C)(C)C(C)(C)C)cc2OC1. The molecule has 1 aromatic heterocycles. The van der Waals surface area contributed by atoms with E-state index in [0.717, 1.165) is 16.7 Å². The minimum Gasteiger partial charge on any atom is -0.544 e. The van der Waals surface area contributed by atoms with Crippen LogP contribution in [0.25, 0.3) is 28.2 Å². The maximum absolute atomic E-state index is 13.9. The molecule has 3 aromatic rings. The van der Waals surface area contributed by atoms with Crippen molar-refractivity contribution in [1.29, 1.82) is 0 Å². The highest BCUT2D eigenvalue weighted by molar-refractivity contribution is 6.75. The van der Waals surface area contributed by atoms with Gasteiger partial charge in [0, 0.05) is 28.6 Å². The van der Waals surface area contributed by atoms with Crippen molar-refractivity contribution in [3.63, 3.8) is 0 Å². The Hall–Kier alpha value is -2.76. The molecule has 1 aliphatic heterocycles. The van der Waals surface area contributed by atoms with Crippen LogP contribution in [0.15, 0.2) is 51.4 Å². The first kappa shape index (κ1) is 35.1. The van der Waals surface area contributed by atoms with Crippen LogP contribution in [0.5, 0.6) is 17.2 Å². The van der Waals surface area contributed by atoms with E-state index in [0.29, 0.717) is 34.0 Å². The molecular weight excluding hydrogens is 613 g/mol. The van der Waals surface area contributed by atoms with E-state index in [1.165, 1.54) is 0 Å². The Balaban J connectivity index is 1.93. The van der Waals surface area contributed by atoms with Gasteiger partial charge >= 0.3 is 5.63 Å². The summed E-state index contributed by atoms with van der Waals surface area (Å²) in [4.78, 5) is 13.9. The zero-order chi connectivity index (χ0) is 34.0. The second-order valence-electron chi connectivity index (χ2n) is 17.0. The number of rotatable bonds is 6. The van der Waals surface area contributed by atoms with Gasteiger partial charge in [-0.05, 0) is 84.7 Å². The Morgan fingerprint density at radius 2 is 1.16 bits per heavy atom. The molecule has 0 N–H and O–H groups in total. The molecule has 0 unspecified atom stereocenters. The predicted octanol–water partition coefficient (Wildman–Crippen LogP) is 11.0. The summed E-state index contributed by atoms with van der Waals surface area (Å²) in [6.07, 6.45) is 1.98. The Morgan fingerprint density at radius 1 is 0.667 bits per heavy atom. The molecule has 0 aliphatic carbocycles. The van der Waals surface area contributed by atoms with Crippen LogP contribution in [0.2, 0.25) is 54.4 Å². The highest BCUT2D eigenvalue weighted by Crippen LogP contribution is 2.44. The van der Waals surface area contributed by atoms with Crippen molar-refractivity contribution in [2.45, 2.75) is 117 Å². The lowest BCUT2D eigenvalue weighted by atomic mass is 9.96. The third kappa shape index (κ3) is 7.15. The van der Waals surface area contributed by atoms with Gasteiger partial charge in [-0.2, -0.15) is 0 Å². The number of hydrogen-bond acceptors (Lipinski definition) is 6. The molecule has 0 bridgehead atoms. The molecule has 6 nitrogen and oxygen atoms in total. The van der Waals surface area contributed by atoms with Crippen molar-refractivity contribution in [3.8, 4) is 28.4 Å². The fourth-order valence-electron chi connectivity index (χ4n) is 4.35. The zero-order valence-corrected chi connectivity index (χ0v) is 33.2. The summed E-state index contributed by atoms with van der Waals surface area (Å²) in [7, 11) is -6.44. The van der Waals surface area contributed by atoms with Gasteiger partial charge in [-0.15, -0.1) is 0 Å². The molecule has 0 fully saturated rings. The molecule has 1 aliphatic rings. The molecule has 4 rings (SSSR count). The number of hydrogen-bond donors (Lipinski definition) is 0. The normalized spacial score (nSPS) is 16.0. The van der Waals surface area contributed by atoms with Gasteiger partial charge in [0.25, 0.3) is 0 Å². The van der Waals surface area contributed by atoms with Gasteiger partial charge in [-0.3, -0.25) is 0 Å². The van der Waals surface area contributed by atoms with E-state index in [1.807, 2.05) is 42.5 Å². The molecule has 0 spiro atoms. The molecule has 0 saturated carbocycles.